The maximum absolute atomic E-state index is 12.4. The van der Waals surface area contributed by atoms with Crippen molar-refractivity contribution >= 4 is 18.0 Å². The van der Waals surface area contributed by atoms with Gasteiger partial charge in [-0.2, -0.15) is 13.2 Å². The third kappa shape index (κ3) is 6.94. The molecule has 1 fully saturated rings. The molecule has 0 radical (unpaired) electrons. The van der Waals surface area contributed by atoms with Crippen molar-refractivity contribution < 1.29 is 37.0 Å². The predicted molar refractivity (Wildman–Crippen MR) is 103 cm³/mol. The van der Waals surface area contributed by atoms with Crippen LogP contribution in [0.3, 0.4) is 0 Å². The van der Waals surface area contributed by atoms with E-state index >= 15 is 0 Å². The zero-order valence-corrected chi connectivity index (χ0v) is 16.9. The molecular weight excluding hydrogens is 405 g/mol. The van der Waals surface area contributed by atoms with Gasteiger partial charge in [0.2, 0.25) is 0 Å². The van der Waals surface area contributed by atoms with Gasteiger partial charge in [0, 0.05) is 38.8 Å². The molecule has 0 aliphatic carbocycles. The van der Waals surface area contributed by atoms with E-state index in [0.717, 1.165) is 10.5 Å². The molecule has 10 heteroatoms. The number of piperazine rings is 1. The molecule has 0 atom stereocenters. The summed E-state index contributed by atoms with van der Waals surface area (Å²) in [6.45, 7) is 3.42. The summed E-state index contributed by atoms with van der Waals surface area (Å²) in [4.78, 5) is 25.7. The molecular formula is C20H25F3N2O5. The van der Waals surface area contributed by atoms with Gasteiger partial charge in [-0.3, -0.25) is 9.69 Å². The lowest BCUT2D eigenvalue weighted by Crippen LogP contribution is -2.52. The highest BCUT2D eigenvalue weighted by Gasteiger charge is 2.43. The summed E-state index contributed by atoms with van der Waals surface area (Å²) in [6.07, 6.45) is -1.98. The Morgan fingerprint density at radius 1 is 1.13 bits per heavy atom. The molecule has 1 aromatic carbocycles. The molecule has 1 aliphatic rings. The fraction of sp³-hybridized carbons (Fsp3) is 0.500. The second-order valence-corrected chi connectivity index (χ2v) is 6.48. The third-order valence-corrected chi connectivity index (χ3v) is 4.45. The molecule has 0 aromatic heterocycles. The molecule has 1 heterocycles. The number of ether oxygens (including phenoxy) is 3. The highest BCUT2D eigenvalue weighted by molar-refractivity contribution is 5.87. The summed E-state index contributed by atoms with van der Waals surface area (Å²) in [5.74, 6) is -1.19. The summed E-state index contributed by atoms with van der Waals surface area (Å²) in [5.41, 5.74) is 0.734. The molecule has 1 aromatic rings. The summed E-state index contributed by atoms with van der Waals surface area (Å²) >= 11 is 0. The third-order valence-electron chi connectivity index (χ3n) is 4.45. The molecule has 0 N–H and O–H groups in total. The second kappa shape index (κ2) is 10.9. The van der Waals surface area contributed by atoms with Crippen molar-refractivity contribution in [2.24, 2.45) is 0 Å². The van der Waals surface area contributed by atoms with Crippen molar-refractivity contribution in [3.05, 3.63) is 29.8 Å². The number of rotatable bonds is 8. The number of carbonyl (C=O) groups excluding carboxylic acids is 2. The Morgan fingerprint density at radius 2 is 1.83 bits per heavy atom. The fourth-order valence-corrected chi connectivity index (χ4v) is 2.90. The van der Waals surface area contributed by atoms with E-state index in [-0.39, 0.29) is 19.7 Å². The van der Waals surface area contributed by atoms with Gasteiger partial charge in [-0.25, -0.2) is 4.79 Å². The molecule has 1 aliphatic heterocycles. The summed E-state index contributed by atoms with van der Waals surface area (Å²) in [6, 6.07) is 5.26. The summed E-state index contributed by atoms with van der Waals surface area (Å²) in [7, 11) is 1.53. The topological polar surface area (TPSA) is 68.3 Å². The highest BCUT2D eigenvalue weighted by atomic mass is 19.4. The number of halogens is 3. The van der Waals surface area contributed by atoms with Gasteiger partial charge in [-0.05, 0) is 30.7 Å². The first-order chi connectivity index (χ1) is 14.2. The highest BCUT2D eigenvalue weighted by Crippen LogP contribution is 2.28. The van der Waals surface area contributed by atoms with E-state index in [9.17, 15) is 22.8 Å². The lowest BCUT2D eigenvalue weighted by molar-refractivity contribution is -0.187. The Labute approximate surface area is 173 Å². The van der Waals surface area contributed by atoms with Crippen LogP contribution in [0.5, 0.6) is 11.5 Å². The molecule has 0 bridgehead atoms. The molecule has 0 spiro atoms. The predicted octanol–water partition coefficient (Wildman–Crippen LogP) is 2.36. The van der Waals surface area contributed by atoms with Crippen molar-refractivity contribution in [2.75, 3.05) is 53.0 Å². The maximum Gasteiger partial charge on any atom is 0.471 e. The molecule has 0 unspecified atom stereocenters. The summed E-state index contributed by atoms with van der Waals surface area (Å²) in [5, 5.41) is 0. The average Bonchev–Trinajstić information content (AvgIpc) is 2.72. The summed E-state index contributed by atoms with van der Waals surface area (Å²) < 4.78 is 53.1. The van der Waals surface area contributed by atoms with E-state index in [1.807, 2.05) is 11.8 Å². The number of nitrogens with zero attached hydrogens (tertiary/aromatic N) is 2. The number of hydrogen-bond donors (Lipinski definition) is 0. The fourth-order valence-electron chi connectivity index (χ4n) is 2.90. The van der Waals surface area contributed by atoms with Gasteiger partial charge in [-0.15, -0.1) is 0 Å². The van der Waals surface area contributed by atoms with Crippen LogP contribution < -0.4 is 9.47 Å². The first-order valence-electron chi connectivity index (χ1n) is 9.48. The van der Waals surface area contributed by atoms with Crippen molar-refractivity contribution in [3.8, 4) is 11.5 Å². The van der Waals surface area contributed by atoms with Gasteiger partial charge in [0.15, 0.2) is 11.5 Å². The van der Waals surface area contributed by atoms with Crippen LogP contribution in [0.25, 0.3) is 6.08 Å². The van der Waals surface area contributed by atoms with E-state index in [4.69, 9.17) is 14.2 Å². The van der Waals surface area contributed by atoms with Crippen LogP contribution in [0.15, 0.2) is 24.3 Å². The number of amides is 1. The smallest absolute Gasteiger partial charge is 0.471 e. The van der Waals surface area contributed by atoms with Crippen LogP contribution in [0.1, 0.15) is 12.5 Å². The van der Waals surface area contributed by atoms with E-state index in [1.165, 1.54) is 13.2 Å². The van der Waals surface area contributed by atoms with Crippen molar-refractivity contribution in [3.63, 3.8) is 0 Å². The minimum absolute atomic E-state index is 0.00817. The lowest BCUT2D eigenvalue weighted by Gasteiger charge is -2.34. The molecule has 166 valence electrons. The normalized spacial score (nSPS) is 15.3. The Bertz CT molecular complexity index is 759. The van der Waals surface area contributed by atoms with Crippen LogP contribution in [0, 0.1) is 0 Å². The van der Waals surface area contributed by atoms with Crippen molar-refractivity contribution in [1.29, 1.82) is 0 Å². The SMILES string of the molecule is CCOc1ccc(/C=C/C(=O)OCCN2CCN(C(=O)C(F)(F)F)CC2)cc1OC. The molecule has 30 heavy (non-hydrogen) atoms. The number of hydrogen-bond acceptors (Lipinski definition) is 6. The maximum atomic E-state index is 12.4. The molecule has 7 nitrogen and oxygen atoms in total. The molecule has 2 rings (SSSR count). The monoisotopic (exact) mass is 430 g/mol. The van der Waals surface area contributed by atoms with Gasteiger partial charge in [-0.1, -0.05) is 6.07 Å². The van der Waals surface area contributed by atoms with Crippen LogP contribution in [-0.4, -0.2) is 80.9 Å². The Balaban J connectivity index is 1.74. The standard InChI is InChI=1S/C20H25F3N2O5/c1-3-29-16-6-4-15(14-17(16)28-2)5-7-18(26)30-13-12-24-8-10-25(11-9-24)19(27)20(21,22)23/h4-7,14H,3,8-13H2,1-2H3/b7-5+. The zero-order valence-electron chi connectivity index (χ0n) is 16.9. The van der Waals surface area contributed by atoms with E-state index < -0.39 is 18.1 Å². The number of carbonyl (C=O) groups is 2. The quantitative estimate of drug-likeness (QED) is 0.466. The largest absolute Gasteiger partial charge is 0.493 e. The lowest BCUT2D eigenvalue weighted by atomic mass is 10.2. The Hall–Kier alpha value is -2.75. The molecule has 0 saturated carbocycles. The average molecular weight is 430 g/mol. The van der Waals surface area contributed by atoms with Crippen LogP contribution >= 0.6 is 0 Å². The molecule has 1 amide bonds. The van der Waals surface area contributed by atoms with Crippen LogP contribution in [0.2, 0.25) is 0 Å². The van der Waals surface area contributed by atoms with Crippen molar-refractivity contribution in [2.45, 2.75) is 13.1 Å². The zero-order chi connectivity index (χ0) is 22.1. The first-order valence-corrected chi connectivity index (χ1v) is 9.48. The van der Waals surface area contributed by atoms with E-state index in [0.29, 0.717) is 37.7 Å². The van der Waals surface area contributed by atoms with Gasteiger partial charge in [0.25, 0.3) is 0 Å². The van der Waals surface area contributed by atoms with Gasteiger partial charge >= 0.3 is 18.1 Å². The number of benzene rings is 1. The minimum Gasteiger partial charge on any atom is -0.493 e. The Morgan fingerprint density at radius 3 is 2.43 bits per heavy atom. The second-order valence-electron chi connectivity index (χ2n) is 6.48. The van der Waals surface area contributed by atoms with Crippen molar-refractivity contribution in [1.82, 2.24) is 9.80 Å². The Kier molecular flexibility index (Phi) is 8.52. The van der Waals surface area contributed by atoms with E-state index in [2.05, 4.69) is 0 Å². The van der Waals surface area contributed by atoms with E-state index in [1.54, 1.807) is 24.3 Å². The van der Waals surface area contributed by atoms with Gasteiger partial charge in [0.05, 0.1) is 13.7 Å². The van der Waals surface area contributed by atoms with Gasteiger partial charge in [0.1, 0.15) is 6.61 Å². The minimum atomic E-state index is -4.85. The number of esters is 1. The van der Waals surface area contributed by atoms with Crippen LogP contribution in [-0.2, 0) is 14.3 Å². The van der Waals surface area contributed by atoms with Gasteiger partial charge < -0.3 is 19.1 Å². The first kappa shape index (κ1) is 23.5. The molecule has 1 saturated heterocycles. The number of methoxy groups -OCH3 is 1. The van der Waals surface area contributed by atoms with Crippen LogP contribution in [0.4, 0.5) is 13.2 Å². The number of alkyl halides is 3.